The first kappa shape index (κ1) is 32.5. The second-order valence-electron chi connectivity index (χ2n) is 14.5. The summed E-state index contributed by atoms with van der Waals surface area (Å²) in [5.74, 6) is -2.25. The highest BCUT2D eigenvalue weighted by Gasteiger charge is 2.75. The van der Waals surface area contributed by atoms with Gasteiger partial charge in [-0.15, -0.1) is 0 Å². The zero-order valence-corrected chi connectivity index (χ0v) is 25.6. The summed E-state index contributed by atoms with van der Waals surface area (Å²) in [6.45, 7) is 10.7. The van der Waals surface area contributed by atoms with E-state index in [0.717, 1.165) is 19.4 Å². The number of carbonyl (C=O) groups is 4. The van der Waals surface area contributed by atoms with Gasteiger partial charge in [0.05, 0.1) is 6.10 Å². The lowest BCUT2D eigenvalue weighted by Gasteiger charge is -2.62. The summed E-state index contributed by atoms with van der Waals surface area (Å²) in [6.07, 6.45) is 6.11. The number of fused-ring (bicyclic) bond motifs is 5. The molecule has 0 bridgehead atoms. The summed E-state index contributed by atoms with van der Waals surface area (Å²) in [6, 6.07) is -0.338. The average Bonchev–Trinajstić information content (AvgIpc) is 3.12. The standard InChI is InChI=1S/C22H29FO5.C10H18N2O2/c1-12-8-16-15-5-4-13-9-14(25)6-7-19(13,2)21(15,23)17(26)10-20(16,3)22(12,28)18(27)11-24;1-10(2,3)9(14)12-7-5-4-6-11-8(7)13/h6-7,9,12,15-17,24,26,28H,4-5,8,10-11H2,1-3H3;7H,4-6H2,1-3H3,(H,11,13)(H,12,14)/t12-,15+,16+,17+,19+,20+,21+,22+;7-/m10/s1. The second kappa shape index (κ2) is 10.9. The van der Waals surface area contributed by atoms with Crippen LogP contribution in [0.25, 0.3) is 0 Å². The van der Waals surface area contributed by atoms with Gasteiger partial charge in [0.25, 0.3) is 0 Å². The van der Waals surface area contributed by atoms with Gasteiger partial charge in [-0.05, 0) is 69.4 Å². The van der Waals surface area contributed by atoms with Crippen molar-refractivity contribution in [1.82, 2.24) is 10.6 Å². The summed E-state index contributed by atoms with van der Waals surface area (Å²) < 4.78 is 16.9. The molecule has 0 aromatic carbocycles. The number of carbonyl (C=O) groups excluding carboxylic acids is 4. The van der Waals surface area contributed by atoms with Gasteiger partial charge in [0.2, 0.25) is 11.8 Å². The fourth-order valence-electron chi connectivity index (χ4n) is 8.55. The third-order valence-electron chi connectivity index (χ3n) is 11.1. The molecule has 9 atom stereocenters. The van der Waals surface area contributed by atoms with Gasteiger partial charge in [-0.1, -0.05) is 46.3 Å². The number of nitrogens with one attached hydrogen (secondary N) is 2. The van der Waals surface area contributed by atoms with Crippen LogP contribution in [0.4, 0.5) is 4.39 Å². The van der Waals surface area contributed by atoms with Gasteiger partial charge in [0.1, 0.15) is 18.2 Å². The Kier molecular flexibility index (Phi) is 8.45. The number of halogens is 1. The predicted octanol–water partition coefficient (Wildman–Crippen LogP) is 2.32. The predicted molar refractivity (Wildman–Crippen MR) is 154 cm³/mol. The molecular weight excluding hydrogens is 543 g/mol. The minimum atomic E-state index is -1.98. The number of amides is 2. The van der Waals surface area contributed by atoms with E-state index < -0.39 is 57.8 Å². The molecule has 0 spiro atoms. The number of Topliss-reactive ketones (excluding diaryl/α,β-unsaturated/α-hetero) is 1. The van der Waals surface area contributed by atoms with Crippen molar-refractivity contribution >= 4 is 23.4 Å². The Hall–Kier alpha value is -2.43. The van der Waals surface area contributed by atoms with Gasteiger partial charge in [-0.3, -0.25) is 19.2 Å². The molecule has 1 aliphatic heterocycles. The zero-order valence-electron chi connectivity index (χ0n) is 25.6. The summed E-state index contributed by atoms with van der Waals surface area (Å²) in [7, 11) is 0. The van der Waals surface area contributed by atoms with Crippen LogP contribution in [0.2, 0.25) is 0 Å². The van der Waals surface area contributed by atoms with Crippen LogP contribution in [-0.4, -0.2) is 75.3 Å². The van der Waals surface area contributed by atoms with E-state index in [0.29, 0.717) is 24.8 Å². The molecular formula is C32H47FN2O7. The number of hydrogen-bond donors (Lipinski definition) is 5. The minimum absolute atomic E-state index is 0.0612. The Morgan fingerprint density at radius 2 is 1.83 bits per heavy atom. The van der Waals surface area contributed by atoms with Crippen molar-refractivity contribution in [3.8, 4) is 0 Å². The average molecular weight is 591 g/mol. The number of aliphatic hydroxyl groups is 3. The lowest BCUT2D eigenvalue weighted by molar-refractivity contribution is -0.219. The van der Waals surface area contributed by atoms with Gasteiger partial charge in [0, 0.05) is 28.7 Å². The summed E-state index contributed by atoms with van der Waals surface area (Å²) in [4.78, 5) is 47.3. The number of aliphatic hydroxyl groups excluding tert-OH is 2. The van der Waals surface area contributed by atoms with Crippen LogP contribution in [-0.2, 0) is 19.2 Å². The van der Waals surface area contributed by atoms with Crippen LogP contribution in [0.3, 0.4) is 0 Å². The Labute approximate surface area is 247 Å². The number of piperidine rings is 1. The van der Waals surface area contributed by atoms with Crippen molar-refractivity contribution in [1.29, 1.82) is 0 Å². The SMILES string of the molecule is CC(C)(C)C(=O)N[C@H]1CCCNC1=O.C[C@@H]1C[C@H]2[C@@H]3CCC4=CC(=O)C=C[C@]4(C)[C@@]3(F)[C@@H](O)C[C@]2(C)[C@@]1(O)C(=O)CO. The first-order valence-corrected chi connectivity index (χ1v) is 15.1. The number of allylic oxidation sites excluding steroid dienone is 4. The van der Waals surface area contributed by atoms with E-state index in [9.17, 15) is 34.5 Å². The van der Waals surface area contributed by atoms with E-state index in [1.54, 1.807) is 26.8 Å². The quantitative estimate of drug-likeness (QED) is 0.338. The van der Waals surface area contributed by atoms with E-state index >= 15 is 4.39 Å². The maximum Gasteiger partial charge on any atom is 0.242 e. The Morgan fingerprint density at radius 1 is 1.17 bits per heavy atom. The van der Waals surface area contributed by atoms with Crippen molar-refractivity contribution in [2.75, 3.05) is 13.2 Å². The largest absolute Gasteiger partial charge is 0.390 e. The molecule has 4 fully saturated rings. The molecule has 5 rings (SSSR count). The molecule has 9 nitrogen and oxygen atoms in total. The molecule has 5 N–H and O–H groups in total. The molecule has 0 unspecified atom stereocenters. The highest BCUT2D eigenvalue weighted by molar-refractivity contribution is 6.01. The number of hydrogen-bond acceptors (Lipinski definition) is 7. The fourth-order valence-corrected chi connectivity index (χ4v) is 8.55. The molecule has 10 heteroatoms. The van der Waals surface area contributed by atoms with E-state index in [-0.39, 0.29) is 36.0 Å². The van der Waals surface area contributed by atoms with Crippen LogP contribution in [0, 0.1) is 34.0 Å². The van der Waals surface area contributed by atoms with Gasteiger partial charge in [-0.2, -0.15) is 0 Å². The monoisotopic (exact) mass is 590 g/mol. The molecule has 0 aromatic heterocycles. The fraction of sp³-hybridized carbons (Fsp3) is 0.750. The zero-order chi connectivity index (χ0) is 31.5. The van der Waals surface area contributed by atoms with Crippen molar-refractivity contribution in [3.05, 3.63) is 23.8 Å². The molecule has 5 aliphatic rings. The molecule has 234 valence electrons. The highest BCUT2D eigenvalue weighted by Crippen LogP contribution is 2.70. The van der Waals surface area contributed by atoms with Crippen molar-refractivity contribution < 1.29 is 38.9 Å². The molecule has 1 saturated heterocycles. The van der Waals surface area contributed by atoms with Crippen molar-refractivity contribution in [2.45, 2.75) is 103 Å². The van der Waals surface area contributed by atoms with Crippen LogP contribution in [0.15, 0.2) is 23.8 Å². The summed E-state index contributed by atoms with van der Waals surface area (Å²) >= 11 is 0. The Balaban J connectivity index is 0.000000244. The first-order chi connectivity index (χ1) is 19.4. The third kappa shape index (κ3) is 4.78. The lowest BCUT2D eigenvalue weighted by Crippen LogP contribution is -2.69. The van der Waals surface area contributed by atoms with E-state index in [4.69, 9.17) is 0 Å². The molecule has 2 amide bonds. The normalized spacial score (nSPS) is 42.6. The van der Waals surface area contributed by atoms with Crippen LogP contribution in [0.5, 0.6) is 0 Å². The first-order valence-electron chi connectivity index (χ1n) is 15.1. The van der Waals surface area contributed by atoms with E-state index in [1.807, 2.05) is 20.8 Å². The smallest absolute Gasteiger partial charge is 0.242 e. The number of ketones is 2. The molecule has 1 heterocycles. The van der Waals surface area contributed by atoms with E-state index in [2.05, 4.69) is 10.6 Å². The van der Waals surface area contributed by atoms with Gasteiger partial charge >= 0.3 is 0 Å². The maximum atomic E-state index is 16.9. The second-order valence-corrected chi connectivity index (χ2v) is 14.5. The van der Waals surface area contributed by atoms with E-state index in [1.165, 1.54) is 12.2 Å². The van der Waals surface area contributed by atoms with Gasteiger partial charge in [0.15, 0.2) is 17.2 Å². The topological polar surface area (TPSA) is 153 Å². The molecule has 4 aliphatic carbocycles. The molecule has 42 heavy (non-hydrogen) atoms. The van der Waals surface area contributed by atoms with Gasteiger partial charge < -0.3 is 26.0 Å². The lowest BCUT2D eigenvalue weighted by atomic mass is 9.44. The Morgan fingerprint density at radius 3 is 2.43 bits per heavy atom. The molecule has 0 aromatic rings. The minimum Gasteiger partial charge on any atom is -0.390 e. The number of rotatable bonds is 3. The number of alkyl halides is 1. The van der Waals surface area contributed by atoms with Crippen LogP contribution >= 0.6 is 0 Å². The Bertz CT molecular complexity index is 1210. The highest BCUT2D eigenvalue weighted by atomic mass is 19.1. The van der Waals surface area contributed by atoms with Crippen LogP contribution in [0.1, 0.15) is 80.1 Å². The van der Waals surface area contributed by atoms with Crippen LogP contribution < -0.4 is 10.6 Å². The van der Waals surface area contributed by atoms with Crippen molar-refractivity contribution in [2.24, 2.45) is 34.0 Å². The summed E-state index contributed by atoms with van der Waals surface area (Å²) in [5.41, 5.74) is -5.60. The van der Waals surface area contributed by atoms with Crippen molar-refractivity contribution in [3.63, 3.8) is 0 Å². The maximum absolute atomic E-state index is 16.9. The third-order valence-corrected chi connectivity index (χ3v) is 11.1. The summed E-state index contributed by atoms with van der Waals surface area (Å²) in [5, 5.41) is 37.5. The molecule has 0 radical (unpaired) electrons. The molecule has 3 saturated carbocycles. The van der Waals surface area contributed by atoms with Gasteiger partial charge in [-0.25, -0.2) is 4.39 Å².